The van der Waals surface area contributed by atoms with E-state index in [0.717, 1.165) is 0 Å². The minimum atomic E-state index is -0.966. The Balaban J connectivity index is 5.34. The van der Waals surface area contributed by atoms with Gasteiger partial charge in [-0.1, -0.05) is 27.7 Å². The van der Waals surface area contributed by atoms with E-state index in [-0.39, 0.29) is 0 Å². The highest BCUT2D eigenvalue weighted by Crippen LogP contribution is 2.28. The maximum atomic E-state index is 10.6. The van der Waals surface area contributed by atoms with Gasteiger partial charge in [0, 0.05) is 0 Å². The second kappa shape index (κ2) is 7.83. The summed E-state index contributed by atoms with van der Waals surface area (Å²) in [6.07, 6.45) is 4.20. The van der Waals surface area contributed by atoms with Gasteiger partial charge < -0.3 is 0 Å². The maximum absolute atomic E-state index is 10.6. The second-order valence-electron chi connectivity index (χ2n) is 6.24. The van der Waals surface area contributed by atoms with Gasteiger partial charge >= 0.3 is 0 Å². The van der Waals surface area contributed by atoms with Gasteiger partial charge in [0.1, 0.15) is 0 Å². The number of rotatable bonds is 8. The molecule has 0 saturated heterocycles. The van der Waals surface area contributed by atoms with E-state index in [9.17, 15) is 9.59 Å². The summed E-state index contributed by atoms with van der Waals surface area (Å²) in [5.41, 5.74) is -1.93. The van der Waals surface area contributed by atoms with E-state index in [1.54, 1.807) is 13.8 Å². The number of hydrogen-bond donors (Lipinski definition) is 0. The van der Waals surface area contributed by atoms with Gasteiger partial charge in [-0.3, -0.25) is 0 Å². The van der Waals surface area contributed by atoms with E-state index in [1.165, 1.54) is 12.2 Å². The molecule has 0 N–H and O–H groups in total. The van der Waals surface area contributed by atoms with Crippen molar-refractivity contribution in [2.75, 3.05) is 0 Å². The van der Waals surface area contributed by atoms with Crippen molar-refractivity contribution < 1.29 is 9.59 Å². The first-order chi connectivity index (χ1) is 9.16. The van der Waals surface area contributed by atoms with Crippen LogP contribution in [0.2, 0.25) is 0 Å². The van der Waals surface area contributed by atoms with Gasteiger partial charge in [0.15, 0.2) is 11.3 Å². The molecule has 20 heavy (non-hydrogen) atoms. The summed E-state index contributed by atoms with van der Waals surface area (Å²) in [6.45, 7) is 11.4. The smallest absolute Gasteiger partial charge is 0.211 e. The van der Waals surface area contributed by atoms with Gasteiger partial charge in [-0.2, -0.15) is 20.2 Å². The Kier molecular flexibility index (Phi) is 7.19. The SMILES string of the molecule is CC(C)CC(C)(N=C=O)N=NC(C)(CC(C)C)N=C=O. The number of azo groups is 1. The monoisotopic (exact) mass is 280 g/mol. The summed E-state index contributed by atoms with van der Waals surface area (Å²) in [5.74, 6) is 0.587. The molecular weight excluding hydrogens is 256 g/mol. The quantitative estimate of drug-likeness (QED) is 0.386. The van der Waals surface area contributed by atoms with Crippen LogP contribution in [0.1, 0.15) is 54.4 Å². The molecule has 0 aliphatic heterocycles. The molecule has 2 unspecified atom stereocenters. The highest BCUT2D eigenvalue weighted by Gasteiger charge is 2.29. The fraction of sp³-hybridized carbons (Fsp3) is 0.857. The van der Waals surface area contributed by atoms with Crippen molar-refractivity contribution in [2.45, 2.75) is 65.7 Å². The number of nitrogens with zero attached hydrogens (tertiary/aromatic N) is 4. The van der Waals surface area contributed by atoms with Crippen molar-refractivity contribution in [2.24, 2.45) is 32.0 Å². The van der Waals surface area contributed by atoms with Gasteiger partial charge in [0.05, 0.1) is 0 Å². The lowest BCUT2D eigenvalue weighted by molar-refractivity contribution is 0.317. The fourth-order valence-corrected chi connectivity index (χ4v) is 2.18. The van der Waals surface area contributed by atoms with Gasteiger partial charge in [-0.25, -0.2) is 9.59 Å². The lowest BCUT2D eigenvalue weighted by atomic mass is 9.99. The maximum Gasteiger partial charge on any atom is 0.237 e. The van der Waals surface area contributed by atoms with Crippen LogP contribution in [0.5, 0.6) is 0 Å². The van der Waals surface area contributed by atoms with Crippen molar-refractivity contribution in [1.29, 1.82) is 0 Å². The molecule has 0 aliphatic carbocycles. The third-order valence-corrected chi connectivity index (χ3v) is 2.64. The highest BCUT2D eigenvalue weighted by molar-refractivity contribution is 5.35. The largest absolute Gasteiger partial charge is 0.237 e. The van der Waals surface area contributed by atoms with E-state index in [2.05, 4.69) is 20.2 Å². The Bertz CT molecular complexity index is 394. The summed E-state index contributed by atoms with van der Waals surface area (Å²) in [7, 11) is 0. The molecule has 0 amide bonds. The summed E-state index contributed by atoms with van der Waals surface area (Å²) >= 11 is 0. The Morgan fingerprint density at radius 2 is 1.10 bits per heavy atom. The zero-order valence-corrected chi connectivity index (χ0v) is 13.2. The molecule has 0 aliphatic rings. The van der Waals surface area contributed by atoms with Crippen molar-refractivity contribution in [3.05, 3.63) is 0 Å². The molecule has 2 atom stereocenters. The van der Waals surface area contributed by atoms with Crippen LogP contribution < -0.4 is 0 Å². The molecule has 6 heteroatoms. The molecule has 0 aromatic carbocycles. The molecule has 0 aromatic rings. The third-order valence-electron chi connectivity index (χ3n) is 2.64. The van der Waals surface area contributed by atoms with Crippen molar-refractivity contribution >= 4 is 12.2 Å². The fourth-order valence-electron chi connectivity index (χ4n) is 2.18. The molecular formula is C14H24N4O2. The average Bonchev–Trinajstić information content (AvgIpc) is 2.25. The lowest BCUT2D eigenvalue weighted by Crippen LogP contribution is -2.25. The highest BCUT2D eigenvalue weighted by atomic mass is 16.1. The van der Waals surface area contributed by atoms with Crippen molar-refractivity contribution in [3.63, 3.8) is 0 Å². The lowest BCUT2D eigenvalue weighted by Gasteiger charge is -2.23. The average molecular weight is 280 g/mol. The Morgan fingerprint density at radius 3 is 1.30 bits per heavy atom. The first kappa shape index (κ1) is 18.4. The van der Waals surface area contributed by atoms with Gasteiger partial charge in [-0.15, -0.1) is 0 Å². The third kappa shape index (κ3) is 7.07. The van der Waals surface area contributed by atoms with Crippen LogP contribution in [0.25, 0.3) is 0 Å². The molecule has 0 heterocycles. The zero-order chi connectivity index (χ0) is 15.8. The first-order valence-electron chi connectivity index (χ1n) is 6.78. The van der Waals surface area contributed by atoms with Gasteiger partial charge in [0.2, 0.25) is 12.2 Å². The number of carbonyl (C=O) groups excluding carboxylic acids is 2. The first-order valence-corrected chi connectivity index (χ1v) is 6.78. The van der Waals surface area contributed by atoms with E-state index in [1.807, 2.05) is 27.7 Å². The summed E-state index contributed by atoms with van der Waals surface area (Å²) < 4.78 is 0. The molecule has 6 nitrogen and oxygen atoms in total. The van der Waals surface area contributed by atoms with Crippen LogP contribution in [0.3, 0.4) is 0 Å². The van der Waals surface area contributed by atoms with Crippen molar-refractivity contribution in [3.8, 4) is 0 Å². The van der Waals surface area contributed by atoms with Crippen LogP contribution >= 0.6 is 0 Å². The molecule has 0 saturated carbocycles. The number of hydrogen-bond acceptors (Lipinski definition) is 6. The zero-order valence-electron chi connectivity index (χ0n) is 13.2. The van der Waals surface area contributed by atoms with Crippen LogP contribution in [-0.2, 0) is 9.59 Å². The van der Waals surface area contributed by atoms with Crippen LogP contribution in [0, 0.1) is 11.8 Å². The predicted molar refractivity (Wildman–Crippen MR) is 76.8 cm³/mol. The minimum Gasteiger partial charge on any atom is -0.211 e. The van der Waals surface area contributed by atoms with Crippen LogP contribution in [0.15, 0.2) is 20.2 Å². The normalized spacial score (nSPS) is 17.4. The molecule has 0 fully saturated rings. The predicted octanol–water partition coefficient (Wildman–Crippen LogP) is 3.63. The molecule has 0 aromatic heterocycles. The summed E-state index contributed by atoms with van der Waals surface area (Å²) in [5, 5.41) is 8.30. The van der Waals surface area contributed by atoms with Crippen LogP contribution in [0.4, 0.5) is 0 Å². The summed E-state index contributed by atoms with van der Waals surface area (Å²) in [6, 6.07) is 0. The van der Waals surface area contributed by atoms with E-state index in [0.29, 0.717) is 24.7 Å². The molecule has 0 bridgehead atoms. The van der Waals surface area contributed by atoms with Gasteiger partial charge in [-0.05, 0) is 38.5 Å². The number of isocyanates is 2. The van der Waals surface area contributed by atoms with E-state index < -0.39 is 11.3 Å². The topological polar surface area (TPSA) is 83.6 Å². The molecule has 0 radical (unpaired) electrons. The van der Waals surface area contributed by atoms with Crippen LogP contribution in [-0.4, -0.2) is 23.5 Å². The Labute approximate surface area is 120 Å². The van der Waals surface area contributed by atoms with Crippen molar-refractivity contribution in [1.82, 2.24) is 0 Å². The van der Waals surface area contributed by atoms with E-state index in [4.69, 9.17) is 0 Å². The molecule has 0 spiro atoms. The minimum absolute atomic E-state index is 0.293. The van der Waals surface area contributed by atoms with Gasteiger partial charge in [0.25, 0.3) is 0 Å². The second-order valence-corrected chi connectivity index (χ2v) is 6.24. The Hall–Kier alpha value is -1.64. The number of aliphatic imine (C=N–C) groups is 2. The summed E-state index contributed by atoms with van der Waals surface area (Å²) in [4.78, 5) is 28.6. The standard InChI is InChI=1S/C14H24N4O2/c1-11(2)7-13(5,15-9-19)17-18-14(6,16-10-20)8-12(3)4/h11-12H,7-8H2,1-6H3. The molecule has 0 rings (SSSR count). The molecule has 112 valence electrons. The Morgan fingerprint density at radius 1 is 0.800 bits per heavy atom. The van der Waals surface area contributed by atoms with E-state index >= 15 is 0 Å².